The van der Waals surface area contributed by atoms with E-state index in [4.69, 9.17) is 14.2 Å². The Hall–Kier alpha value is -4.19. The summed E-state index contributed by atoms with van der Waals surface area (Å²) < 4.78 is 16.8. The third-order valence-corrected chi connectivity index (χ3v) is 11.1. The summed E-state index contributed by atoms with van der Waals surface area (Å²) in [5, 5.41) is 0. The molecule has 67 heavy (non-hydrogen) atoms. The van der Waals surface area contributed by atoms with Crippen LogP contribution in [-0.2, 0) is 28.6 Å². The molecule has 0 aliphatic heterocycles. The van der Waals surface area contributed by atoms with Crippen molar-refractivity contribution in [3.05, 3.63) is 122 Å². The van der Waals surface area contributed by atoms with Crippen LogP contribution in [0.1, 0.15) is 226 Å². The van der Waals surface area contributed by atoms with Crippen molar-refractivity contribution in [2.24, 2.45) is 0 Å². The molecule has 0 rings (SSSR count). The normalized spacial score (nSPS) is 13.1. The van der Waals surface area contributed by atoms with Crippen LogP contribution in [0.5, 0.6) is 0 Å². The molecule has 1 atom stereocenters. The van der Waals surface area contributed by atoms with Gasteiger partial charge in [0.2, 0.25) is 0 Å². The van der Waals surface area contributed by atoms with Crippen molar-refractivity contribution in [1.82, 2.24) is 0 Å². The van der Waals surface area contributed by atoms with Gasteiger partial charge in [-0.05, 0) is 103 Å². The molecule has 0 N–H and O–H groups in total. The molecule has 0 aromatic heterocycles. The predicted octanol–water partition coefficient (Wildman–Crippen LogP) is 18.1. The minimum Gasteiger partial charge on any atom is -0.462 e. The Kier molecular flexibility index (Phi) is 51.0. The number of ether oxygens (including phenoxy) is 3. The number of carbonyl (C=O) groups excluding carboxylic acids is 3. The van der Waals surface area contributed by atoms with E-state index in [-0.39, 0.29) is 37.5 Å². The number of rotatable bonds is 47. The van der Waals surface area contributed by atoms with Gasteiger partial charge in [0, 0.05) is 19.3 Å². The standard InChI is InChI=1S/C61H98O6/c1-4-7-10-13-16-19-22-25-28-30-31-34-36-39-42-45-48-51-54-60(63)66-57-58(56-65-59(62)53-50-47-44-41-38-35-32-27-24-21-18-15-12-9-6-3)67-61(64)55-52-49-46-43-40-37-33-29-26-23-20-17-14-11-8-5-2/h8-9,11-12,15,17-18,20-21,24,26-32,34,37,40,58H,4-7,10,13-14,16,19,22-23,25,33,35-36,38-39,41-57H2,1-3H3/b11-8-,12-9-,18-15-,20-17-,24-21-,29-26-,30-28-,32-27-,34-31-,40-37-. The Morgan fingerprint density at radius 1 is 0.328 bits per heavy atom. The number of hydrogen-bond donors (Lipinski definition) is 0. The predicted molar refractivity (Wildman–Crippen MR) is 288 cm³/mol. The van der Waals surface area contributed by atoms with E-state index in [0.717, 1.165) is 128 Å². The van der Waals surface area contributed by atoms with Crippen LogP contribution in [0, 0.1) is 0 Å². The third-order valence-electron chi connectivity index (χ3n) is 11.1. The minimum absolute atomic E-state index is 0.110. The van der Waals surface area contributed by atoms with E-state index in [2.05, 4.69) is 118 Å². The van der Waals surface area contributed by atoms with E-state index >= 15 is 0 Å². The zero-order chi connectivity index (χ0) is 48.6. The molecule has 0 bridgehead atoms. The molecule has 0 heterocycles. The summed E-state index contributed by atoms with van der Waals surface area (Å²) in [6.07, 6.45) is 74.7. The highest BCUT2D eigenvalue weighted by Gasteiger charge is 2.19. The molecule has 0 saturated heterocycles. The lowest BCUT2D eigenvalue weighted by Gasteiger charge is -2.18. The van der Waals surface area contributed by atoms with Gasteiger partial charge in [-0.3, -0.25) is 14.4 Å². The molecule has 0 aliphatic rings. The fraction of sp³-hybridized carbons (Fsp3) is 0.623. The van der Waals surface area contributed by atoms with Crippen LogP contribution in [0.4, 0.5) is 0 Å². The summed E-state index contributed by atoms with van der Waals surface area (Å²) in [5.41, 5.74) is 0. The molecule has 378 valence electrons. The van der Waals surface area contributed by atoms with Crippen LogP contribution in [0.3, 0.4) is 0 Å². The molecule has 0 aromatic carbocycles. The first kappa shape index (κ1) is 62.8. The molecular weight excluding hydrogens is 829 g/mol. The van der Waals surface area contributed by atoms with Gasteiger partial charge in [0.15, 0.2) is 6.10 Å². The van der Waals surface area contributed by atoms with E-state index in [9.17, 15) is 14.4 Å². The first-order chi connectivity index (χ1) is 33.0. The second-order valence-corrected chi connectivity index (χ2v) is 17.5. The zero-order valence-electron chi connectivity index (χ0n) is 43.1. The van der Waals surface area contributed by atoms with E-state index in [1.165, 1.54) is 51.4 Å². The van der Waals surface area contributed by atoms with Crippen LogP contribution in [0.25, 0.3) is 0 Å². The fourth-order valence-corrected chi connectivity index (χ4v) is 7.02. The highest BCUT2D eigenvalue weighted by Crippen LogP contribution is 2.13. The maximum atomic E-state index is 12.8. The van der Waals surface area contributed by atoms with Crippen molar-refractivity contribution in [3.63, 3.8) is 0 Å². The maximum absolute atomic E-state index is 12.8. The second kappa shape index (κ2) is 54.4. The smallest absolute Gasteiger partial charge is 0.306 e. The first-order valence-electron chi connectivity index (χ1n) is 27.1. The lowest BCUT2D eigenvalue weighted by atomic mass is 10.1. The molecule has 6 heteroatoms. The number of esters is 3. The van der Waals surface area contributed by atoms with Crippen molar-refractivity contribution < 1.29 is 28.6 Å². The molecule has 0 aromatic rings. The Labute approximate surface area is 412 Å². The SMILES string of the molecule is CC\C=C/C=C\C=C/C=C\CCCCCCCC(=O)OCC(COC(=O)CCCCCCC/C=C\C=C/CCCCCCCCC)OC(=O)CCCCC/C=C\C/C=C\C/C=C\C/C=C\CC. The van der Waals surface area contributed by atoms with Gasteiger partial charge in [-0.1, -0.05) is 226 Å². The van der Waals surface area contributed by atoms with Crippen LogP contribution in [-0.4, -0.2) is 37.2 Å². The van der Waals surface area contributed by atoms with Crippen molar-refractivity contribution in [2.45, 2.75) is 232 Å². The molecule has 0 saturated carbocycles. The van der Waals surface area contributed by atoms with Gasteiger partial charge >= 0.3 is 17.9 Å². The highest BCUT2D eigenvalue weighted by molar-refractivity contribution is 5.71. The summed E-state index contributed by atoms with van der Waals surface area (Å²) in [7, 11) is 0. The Morgan fingerprint density at radius 3 is 1.12 bits per heavy atom. The largest absolute Gasteiger partial charge is 0.462 e. The number of allylic oxidation sites excluding steroid dienone is 20. The van der Waals surface area contributed by atoms with Gasteiger partial charge < -0.3 is 14.2 Å². The monoisotopic (exact) mass is 927 g/mol. The molecule has 1 unspecified atom stereocenters. The van der Waals surface area contributed by atoms with Crippen LogP contribution in [0.15, 0.2) is 122 Å². The van der Waals surface area contributed by atoms with Crippen molar-refractivity contribution in [2.75, 3.05) is 13.2 Å². The summed E-state index contributed by atoms with van der Waals surface area (Å²) in [6, 6.07) is 0. The van der Waals surface area contributed by atoms with Gasteiger partial charge in [0.05, 0.1) is 0 Å². The van der Waals surface area contributed by atoms with Crippen molar-refractivity contribution >= 4 is 17.9 Å². The number of carbonyl (C=O) groups is 3. The van der Waals surface area contributed by atoms with Gasteiger partial charge in [0.25, 0.3) is 0 Å². The molecule has 0 amide bonds. The van der Waals surface area contributed by atoms with E-state index in [1.807, 2.05) is 24.3 Å². The molecule has 0 radical (unpaired) electrons. The topological polar surface area (TPSA) is 78.9 Å². The average Bonchev–Trinajstić information content (AvgIpc) is 3.33. The number of hydrogen-bond acceptors (Lipinski definition) is 6. The molecule has 6 nitrogen and oxygen atoms in total. The molecule has 0 fully saturated rings. The summed E-state index contributed by atoms with van der Waals surface area (Å²) >= 11 is 0. The van der Waals surface area contributed by atoms with E-state index in [1.54, 1.807) is 0 Å². The second-order valence-electron chi connectivity index (χ2n) is 17.5. The maximum Gasteiger partial charge on any atom is 0.306 e. The van der Waals surface area contributed by atoms with E-state index in [0.29, 0.717) is 19.3 Å². The zero-order valence-corrected chi connectivity index (χ0v) is 43.1. The van der Waals surface area contributed by atoms with Crippen molar-refractivity contribution in [3.8, 4) is 0 Å². The Balaban J connectivity index is 4.52. The molecular formula is C61H98O6. The lowest BCUT2D eigenvalue weighted by molar-refractivity contribution is -0.167. The lowest BCUT2D eigenvalue weighted by Crippen LogP contribution is -2.30. The Bertz CT molecular complexity index is 1440. The number of unbranched alkanes of at least 4 members (excludes halogenated alkanes) is 20. The third kappa shape index (κ3) is 52.6. The summed E-state index contributed by atoms with van der Waals surface area (Å²) in [6.45, 7) is 6.31. The quantitative estimate of drug-likeness (QED) is 0.0199. The summed E-state index contributed by atoms with van der Waals surface area (Å²) in [5.74, 6) is -0.984. The van der Waals surface area contributed by atoms with E-state index < -0.39 is 6.10 Å². The average molecular weight is 927 g/mol. The van der Waals surface area contributed by atoms with Gasteiger partial charge in [-0.2, -0.15) is 0 Å². The van der Waals surface area contributed by atoms with Gasteiger partial charge in [-0.15, -0.1) is 0 Å². The van der Waals surface area contributed by atoms with Crippen LogP contribution in [0.2, 0.25) is 0 Å². The first-order valence-corrected chi connectivity index (χ1v) is 27.1. The highest BCUT2D eigenvalue weighted by atomic mass is 16.6. The van der Waals surface area contributed by atoms with Crippen LogP contribution < -0.4 is 0 Å². The van der Waals surface area contributed by atoms with Crippen molar-refractivity contribution in [1.29, 1.82) is 0 Å². The fourth-order valence-electron chi connectivity index (χ4n) is 7.02. The Morgan fingerprint density at radius 2 is 0.657 bits per heavy atom. The van der Waals surface area contributed by atoms with Gasteiger partial charge in [0.1, 0.15) is 13.2 Å². The molecule has 0 aliphatic carbocycles. The molecule has 0 spiro atoms. The summed E-state index contributed by atoms with van der Waals surface area (Å²) in [4.78, 5) is 38.1. The van der Waals surface area contributed by atoms with Gasteiger partial charge in [-0.25, -0.2) is 0 Å². The minimum atomic E-state index is -0.815. The van der Waals surface area contributed by atoms with Crippen LogP contribution >= 0.6 is 0 Å².